The van der Waals surface area contributed by atoms with E-state index in [9.17, 15) is 18.7 Å². The number of carbonyl (C=O) groups excluding carboxylic acids is 1. The quantitative estimate of drug-likeness (QED) is 0.664. The zero-order chi connectivity index (χ0) is 18.7. The van der Waals surface area contributed by atoms with Crippen molar-refractivity contribution in [1.82, 2.24) is 20.2 Å². The van der Waals surface area contributed by atoms with Crippen LogP contribution in [0.15, 0.2) is 47.6 Å². The molecule has 26 heavy (non-hydrogen) atoms. The molecule has 0 saturated carbocycles. The monoisotopic (exact) mass is 377 g/mol. The number of phenols is 1. The molecule has 3 aromatic rings. The second-order valence-electron chi connectivity index (χ2n) is 5.26. The third-order valence-electron chi connectivity index (χ3n) is 3.37. The molecule has 0 aliphatic carbocycles. The molecule has 7 nitrogen and oxygen atoms in total. The Hall–Kier alpha value is -3.01. The third-order valence-corrected chi connectivity index (χ3v) is 4.41. The number of benzene rings is 2. The Morgan fingerprint density at radius 1 is 1.23 bits per heavy atom. The van der Waals surface area contributed by atoms with Gasteiger partial charge < -0.3 is 10.4 Å². The molecule has 2 N–H and O–H groups in total. The van der Waals surface area contributed by atoms with Crippen molar-refractivity contribution in [3.63, 3.8) is 0 Å². The number of hydrogen-bond donors (Lipinski definition) is 2. The van der Waals surface area contributed by atoms with Gasteiger partial charge in [0, 0.05) is 6.07 Å². The van der Waals surface area contributed by atoms with Gasteiger partial charge in [0.25, 0.3) is 0 Å². The number of nitrogens with zero attached hydrogens (tertiary/aromatic N) is 4. The summed E-state index contributed by atoms with van der Waals surface area (Å²) in [5.41, 5.74) is 0.361. The Bertz CT molecular complexity index is 933. The Kier molecular flexibility index (Phi) is 5.12. The van der Waals surface area contributed by atoms with E-state index in [0.29, 0.717) is 10.8 Å². The number of thioether (sulfide) groups is 1. The summed E-state index contributed by atoms with van der Waals surface area (Å²) in [6.07, 6.45) is 0. The molecule has 134 valence electrons. The van der Waals surface area contributed by atoms with E-state index in [0.717, 1.165) is 30.0 Å². The molecule has 2 aromatic carbocycles. The number of carbonyl (C=O) groups is 1. The van der Waals surface area contributed by atoms with Gasteiger partial charge in [-0.15, -0.1) is 5.10 Å². The minimum atomic E-state index is -0.731. The standard InChI is InChI=1S/C16H13F2N5O2S/c1-9(15(25)19-14-8-10(17)2-7-13(14)18)26-16-20-21-22-23(16)11-3-5-12(24)6-4-11/h2-9,24H,1H3,(H,19,25)/t9-/m0/s1. The van der Waals surface area contributed by atoms with Gasteiger partial charge in [-0.05, 0) is 53.7 Å². The number of rotatable bonds is 5. The lowest BCUT2D eigenvalue weighted by Crippen LogP contribution is -2.23. The average molecular weight is 377 g/mol. The first-order valence-electron chi connectivity index (χ1n) is 7.44. The lowest BCUT2D eigenvalue weighted by Gasteiger charge is -2.12. The van der Waals surface area contributed by atoms with Gasteiger partial charge in [-0.3, -0.25) is 4.79 Å². The molecule has 3 rings (SSSR count). The fourth-order valence-electron chi connectivity index (χ4n) is 2.05. The first-order chi connectivity index (χ1) is 12.4. The maximum absolute atomic E-state index is 13.6. The van der Waals surface area contributed by atoms with Crippen LogP contribution in [0.4, 0.5) is 14.5 Å². The molecule has 1 atom stereocenters. The molecule has 10 heteroatoms. The summed E-state index contributed by atoms with van der Waals surface area (Å²) in [5.74, 6) is -1.81. The summed E-state index contributed by atoms with van der Waals surface area (Å²) in [4.78, 5) is 12.3. The Morgan fingerprint density at radius 3 is 2.69 bits per heavy atom. The summed E-state index contributed by atoms with van der Waals surface area (Å²) in [7, 11) is 0. The number of nitrogens with one attached hydrogen (secondary N) is 1. The molecule has 0 radical (unpaired) electrons. The van der Waals surface area contributed by atoms with Crippen LogP contribution in [0.1, 0.15) is 6.92 Å². The minimum absolute atomic E-state index is 0.0980. The van der Waals surface area contributed by atoms with Crippen molar-refractivity contribution < 1.29 is 18.7 Å². The van der Waals surface area contributed by atoms with E-state index in [1.807, 2.05) is 0 Å². The molecule has 0 unspecified atom stereocenters. The zero-order valence-corrected chi connectivity index (χ0v) is 14.2. The van der Waals surface area contributed by atoms with Gasteiger partial charge in [-0.2, -0.15) is 4.68 Å². The number of tetrazole rings is 1. The Labute approximate surface area is 151 Å². The first-order valence-corrected chi connectivity index (χ1v) is 8.32. The molecule has 1 heterocycles. The van der Waals surface area contributed by atoms with Crippen LogP contribution >= 0.6 is 11.8 Å². The van der Waals surface area contributed by atoms with Gasteiger partial charge >= 0.3 is 0 Å². The van der Waals surface area contributed by atoms with E-state index >= 15 is 0 Å². The lowest BCUT2D eigenvalue weighted by molar-refractivity contribution is -0.115. The van der Waals surface area contributed by atoms with Crippen molar-refractivity contribution >= 4 is 23.4 Å². The van der Waals surface area contributed by atoms with E-state index in [-0.39, 0.29) is 11.4 Å². The number of halogens is 2. The van der Waals surface area contributed by atoms with Gasteiger partial charge in [0.15, 0.2) is 0 Å². The van der Waals surface area contributed by atoms with Gasteiger partial charge in [-0.25, -0.2) is 8.78 Å². The number of phenolic OH excluding ortho intramolecular Hbond substituents is 1. The molecule has 1 aromatic heterocycles. The van der Waals surface area contributed by atoms with Gasteiger partial charge in [-0.1, -0.05) is 11.8 Å². The average Bonchev–Trinajstić information content (AvgIpc) is 3.07. The molecule has 0 bridgehead atoms. The molecule has 0 fully saturated rings. The van der Waals surface area contributed by atoms with Crippen molar-refractivity contribution in [1.29, 1.82) is 0 Å². The van der Waals surface area contributed by atoms with Crippen LogP contribution in [0.3, 0.4) is 0 Å². The van der Waals surface area contributed by atoms with Crippen molar-refractivity contribution in [3.05, 3.63) is 54.1 Å². The smallest absolute Gasteiger partial charge is 0.237 e. The van der Waals surface area contributed by atoms with Crippen LogP contribution in [-0.2, 0) is 4.79 Å². The van der Waals surface area contributed by atoms with Crippen LogP contribution in [-0.4, -0.2) is 36.5 Å². The van der Waals surface area contributed by atoms with Crippen LogP contribution in [0.25, 0.3) is 5.69 Å². The van der Waals surface area contributed by atoms with Crippen molar-refractivity contribution in [2.24, 2.45) is 0 Å². The summed E-state index contributed by atoms with van der Waals surface area (Å²) < 4.78 is 28.2. The number of hydrogen-bond acceptors (Lipinski definition) is 6. The minimum Gasteiger partial charge on any atom is -0.508 e. The van der Waals surface area contributed by atoms with E-state index in [4.69, 9.17) is 0 Å². The van der Waals surface area contributed by atoms with Crippen LogP contribution < -0.4 is 5.32 Å². The molecular formula is C16H13F2N5O2S. The highest BCUT2D eigenvalue weighted by Gasteiger charge is 2.20. The molecule has 1 amide bonds. The number of anilines is 1. The maximum atomic E-state index is 13.6. The Balaban J connectivity index is 1.73. The van der Waals surface area contributed by atoms with E-state index < -0.39 is 22.8 Å². The second kappa shape index (κ2) is 7.48. The highest BCUT2D eigenvalue weighted by atomic mass is 32.2. The molecule has 0 spiro atoms. The number of amides is 1. The van der Waals surface area contributed by atoms with Crippen molar-refractivity contribution in [2.45, 2.75) is 17.3 Å². The normalized spacial score (nSPS) is 12.0. The summed E-state index contributed by atoms with van der Waals surface area (Å²) in [6, 6.07) is 9.00. The largest absolute Gasteiger partial charge is 0.508 e. The van der Waals surface area contributed by atoms with Crippen molar-refractivity contribution in [3.8, 4) is 11.4 Å². The fraction of sp³-hybridized carbons (Fsp3) is 0.125. The van der Waals surface area contributed by atoms with Gasteiger partial charge in [0.2, 0.25) is 11.1 Å². The second-order valence-corrected chi connectivity index (χ2v) is 6.57. The van der Waals surface area contributed by atoms with E-state index in [1.165, 1.54) is 16.8 Å². The predicted molar refractivity (Wildman–Crippen MR) is 91.1 cm³/mol. The molecule has 0 aliphatic rings. The number of aromatic hydroxyl groups is 1. The van der Waals surface area contributed by atoms with Crippen molar-refractivity contribution in [2.75, 3.05) is 5.32 Å². The Morgan fingerprint density at radius 2 is 1.96 bits per heavy atom. The first kappa shape index (κ1) is 17.8. The lowest BCUT2D eigenvalue weighted by atomic mass is 10.3. The maximum Gasteiger partial charge on any atom is 0.237 e. The molecule has 0 aliphatic heterocycles. The number of aromatic nitrogens is 4. The third kappa shape index (κ3) is 3.97. The predicted octanol–water partition coefficient (Wildman–Crippen LogP) is 2.77. The highest BCUT2D eigenvalue weighted by Crippen LogP contribution is 2.25. The highest BCUT2D eigenvalue weighted by molar-refractivity contribution is 8.00. The van der Waals surface area contributed by atoms with E-state index in [2.05, 4.69) is 20.8 Å². The summed E-state index contributed by atoms with van der Waals surface area (Å²) in [5, 5.41) is 22.6. The SMILES string of the molecule is C[C@H](Sc1nnnn1-c1ccc(O)cc1)C(=O)Nc1cc(F)ccc1F. The summed E-state index contributed by atoms with van der Waals surface area (Å²) >= 11 is 1.05. The zero-order valence-electron chi connectivity index (χ0n) is 13.4. The van der Waals surface area contributed by atoms with Gasteiger partial charge in [0.05, 0.1) is 16.6 Å². The van der Waals surface area contributed by atoms with Crippen LogP contribution in [0, 0.1) is 11.6 Å². The van der Waals surface area contributed by atoms with Crippen LogP contribution in [0.5, 0.6) is 5.75 Å². The summed E-state index contributed by atoms with van der Waals surface area (Å²) in [6.45, 7) is 1.59. The van der Waals surface area contributed by atoms with E-state index in [1.54, 1.807) is 19.1 Å². The molecular weight excluding hydrogens is 364 g/mol. The molecule has 0 saturated heterocycles. The fourth-order valence-corrected chi connectivity index (χ4v) is 2.86. The van der Waals surface area contributed by atoms with Gasteiger partial charge in [0.1, 0.15) is 17.4 Å². The topological polar surface area (TPSA) is 92.9 Å². The van der Waals surface area contributed by atoms with Crippen LogP contribution in [0.2, 0.25) is 0 Å².